The molecule has 0 aromatic heterocycles. The number of hydrogen-bond acceptors (Lipinski definition) is 2. The van der Waals surface area contributed by atoms with Crippen LogP contribution in [-0.2, 0) is 0 Å². The molecule has 1 heterocycles. The van der Waals surface area contributed by atoms with E-state index in [4.69, 9.17) is 5.73 Å². The van der Waals surface area contributed by atoms with Crippen LogP contribution in [0.1, 0.15) is 0 Å². The molecular weight excluding hydrogens is 148 g/mol. The van der Waals surface area contributed by atoms with Crippen molar-refractivity contribution in [2.75, 3.05) is 13.6 Å². The zero-order valence-electron chi connectivity index (χ0n) is 7.27. The van der Waals surface area contributed by atoms with E-state index in [0.29, 0.717) is 18.5 Å². The van der Waals surface area contributed by atoms with Gasteiger partial charge in [-0.2, -0.15) is 0 Å². The van der Waals surface area contributed by atoms with Crippen LogP contribution in [0.5, 0.6) is 0 Å². The van der Waals surface area contributed by atoms with Crippen LogP contribution in [0.25, 0.3) is 0 Å². The number of fused-ring (bicyclic) bond motifs is 1. The molecule has 2 N–H and O–H groups in total. The standard InChI is InChI=1S/C10H14N2/c1-12-5-4-9-3-2-8(7-11)6-10(9)12/h2-6,9-10H,7,11H2,1H3. The van der Waals surface area contributed by atoms with Crippen molar-refractivity contribution in [1.82, 2.24) is 4.90 Å². The Kier molecular flexibility index (Phi) is 1.77. The summed E-state index contributed by atoms with van der Waals surface area (Å²) in [6.45, 7) is 0.646. The number of nitrogens with zero attached hydrogens (tertiary/aromatic N) is 1. The lowest BCUT2D eigenvalue weighted by atomic mass is 9.93. The van der Waals surface area contributed by atoms with Gasteiger partial charge in [0.25, 0.3) is 0 Å². The van der Waals surface area contributed by atoms with Crippen molar-refractivity contribution < 1.29 is 0 Å². The topological polar surface area (TPSA) is 29.3 Å². The minimum Gasteiger partial charge on any atom is -0.373 e. The third kappa shape index (κ3) is 1.08. The van der Waals surface area contributed by atoms with Crippen molar-refractivity contribution >= 4 is 0 Å². The van der Waals surface area contributed by atoms with Gasteiger partial charge in [0.2, 0.25) is 0 Å². The summed E-state index contributed by atoms with van der Waals surface area (Å²) < 4.78 is 0. The van der Waals surface area contributed by atoms with Crippen LogP contribution in [0.2, 0.25) is 0 Å². The van der Waals surface area contributed by atoms with Crippen molar-refractivity contribution in [1.29, 1.82) is 0 Å². The predicted molar refractivity (Wildman–Crippen MR) is 50.5 cm³/mol. The molecule has 0 saturated carbocycles. The third-order valence-electron chi connectivity index (χ3n) is 2.56. The highest BCUT2D eigenvalue weighted by molar-refractivity contribution is 5.33. The van der Waals surface area contributed by atoms with Gasteiger partial charge in [-0.05, 0) is 11.8 Å². The summed E-state index contributed by atoms with van der Waals surface area (Å²) in [5.74, 6) is 0.560. The van der Waals surface area contributed by atoms with Gasteiger partial charge < -0.3 is 10.6 Å². The first-order chi connectivity index (χ1) is 5.81. The van der Waals surface area contributed by atoms with Gasteiger partial charge in [-0.1, -0.05) is 24.3 Å². The second-order valence-corrected chi connectivity index (χ2v) is 3.38. The lowest BCUT2D eigenvalue weighted by Crippen LogP contribution is -2.28. The average molecular weight is 162 g/mol. The summed E-state index contributed by atoms with van der Waals surface area (Å²) in [6, 6.07) is 0.508. The molecule has 64 valence electrons. The Hall–Kier alpha value is -1.02. The molecule has 2 unspecified atom stereocenters. The van der Waals surface area contributed by atoms with Gasteiger partial charge >= 0.3 is 0 Å². The average Bonchev–Trinajstić information content (AvgIpc) is 2.47. The van der Waals surface area contributed by atoms with Crippen molar-refractivity contribution in [2.24, 2.45) is 11.7 Å². The molecule has 2 aliphatic rings. The van der Waals surface area contributed by atoms with Crippen LogP contribution < -0.4 is 5.73 Å². The summed E-state index contributed by atoms with van der Waals surface area (Å²) in [7, 11) is 2.10. The molecule has 0 spiro atoms. The third-order valence-corrected chi connectivity index (χ3v) is 2.56. The van der Waals surface area contributed by atoms with Gasteiger partial charge in [-0.25, -0.2) is 0 Å². The SMILES string of the molecule is CN1C=CC2C=CC(CN)=CC21. The molecule has 0 radical (unpaired) electrons. The second kappa shape index (κ2) is 2.79. The van der Waals surface area contributed by atoms with Crippen molar-refractivity contribution in [3.8, 4) is 0 Å². The molecule has 0 fully saturated rings. The maximum Gasteiger partial charge on any atom is 0.0568 e. The van der Waals surface area contributed by atoms with E-state index < -0.39 is 0 Å². The molecule has 2 rings (SSSR count). The Morgan fingerprint density at radius 3 is 3.08 bits per heavy atom. The van der Waals surface area contributed by atoms with E-state index in [1.54, 1.807) is 0 Å². The van der Waals surface area contributed by atoms with Crippen LogP contribution in [0.4, 0.5) is 0 Å². The summed E-state index contributed by atoms with van der Waals surface area (Å²) in [4.78, 5) is 2.23. The Labute approximate surface area is 73.0 Å². The van der Waals surface area contributed by atoms with E-state index in [1.807, 2.05) is 0 Å². The normalized spacial score (nSPS) is 32.2. The fourth-order valence-corrected chi connectivity index (χ4v) is 1.77. The monoisotopic (exact) mass is 162 g/mol. The first-order valence-electron chi connectivity index (χ1n) is 4.30. The highest BCUT2D eigenvalue weighted by atomic mass is 15.1. The molecule has 12 heavy (non-hydrogen) atoms. The van der Waals surface area contributed by atoms with Crippen LogP contribution in [0.15, 0.2) is 36.1 Å². The van der Waals surface area contributed by atoms with Crippen molar-refractivity contribution in [3.63, 3.8) is 0 Å². The maximum atomic E-state index is 5.57. The molecular formula is C10H14N2. The second-order valence-electron chi connectivity index (χ2n) is 3.38. The lowest BCUT2D eigenvalue weighted by Gasteiger charge is -2.25. The van der Waals surface area contributed by atoms with Crippen molar-refractivity contribution in [3.05, 3.63) is 36.1 Å². The minimum absolute atomic E-state index is 0.508. The Morgan fingerprint density at radius 2 is 2.33 bits per heavy atom. The molecule has 0 aromatic rings. The first kappa shape index (κ1) is 7.62. The van der Waals surface area contributed by atoms with Crippen molar-refractivity contribution in [2.45, 2.75) is 6.04 Å². The summed E-state index contributed by atoms with van der Waals surface area (Å²) in [6.07, 6.45) is 11.0. The zero-order chi connectivity index (χ0) is 8.55. The van der Waals surface area contributed by atoms with E-state index in [2.05, 4.69) is 42.5 Å². The summed E-state index contributed by atoms with van der Waals surface area (Å²) >= 11 is 0. The van der Waals surface area contributed by atoms with Gasteiger partial charge in [0.05, 0.1) is 6.04 Å². The van der Waals surface area contributed by atoms with Crippen LogP contribution in [-0.4, -0.2) is 24.5 Å². The van der Waals surface area contributed by atoms with E-state index in [-0.39, 0.29) is 0 Å². The van der Waals surface area contributed by atoms with E-state index >= 15 is 0 Å². The highest BCUT2D eigenvalue weighted by Gasteiger charge is 2.24. The van der Waals surface area contributed by atoms with Crippen LogP contribution >= 0.6 is 0 Å². The van der Waals surface area contributed by atoms with Crippen LogP contribution in [0.3, 0.4) is 0 Å². The fourth-order valence-electron chi connectivity index (χ4n) is 1.77. The Morgan fingerprint density at radius 1 is 1.50 bits per heavy atom. The fraction of sp³-hybridized carbons (Fsp3) is 0.400. The van der Waals surface area contributed by atoms with E-state index in [1.165, 1.54) is 5.57 Å². The molecule has 0 saturated heterocycles. The summed E-state index contributed by atoms with van der Waals surface area (Å²) in [5.41, 5.74) is 6.82. The van der Waals surface area contributed by atoms with Gasteiger partial charge in [0.1, 0.15) is 0 Å². The minimum atomic E-state index is 0.508. The molecule has 1 aliphatic heterocycles. The predicted octanol–water partition coefficient (Wildman–Crippen LogP) is 0.885. The van der Waals surface area contributed by atoms with E-state index in [9.17, 15) is 0 Å². The number of rotatable bonds is 1. The molecule has 2 nitrogen and oxygen atoms in total. The molecule has 0 bridgehead atoms. The molecule has 1 aliphatic carbocycles. The van der Waals surface area contributed by atoms with Gasteiger partial charge in [0.15, 0.2) is 0 Å². The van der Waals surface area contributed by atoms with E-state index in [0.717, 1.165) is 0 Å². The highest BCUT2D eigenvalue weighted by Crippen LogP contribution is 2.26. The van der Waals surface area contributed by atoms with Gasteiger partial charge in [0, 0.05) is 19.5 Å². The Balaban J connectivity index is 2.21. The summed E-state index contributed by atoms with van der Waals surface area (Å²) in [5, 5.41) is 0. The molecule has 2 atom stereocenters. The maximum absolute atomic E-state index is 5.57. The lowest BCUT2D eigenvalue weighted by molar-refractivity contribution is 0.378. The van der Waals surface area contributed by atoms with Gasteiger partial charge in [-0.15, -0.1) is 0 Å². The molecule has 0 amide bonds. The Bertz CT molecular complexity index is 263. The largest absolute Gasteiger partial charge is 0.373 e. The number of likely N-dealkylation sites (N-methyl/N-ethyl adjacent to an activating group) is 1. The van der Waals surface area contributed by atoms with Crippen LogP contribution in [0, 0.1) is 5.92 Å². The number of hydrogen-bond donors (Lipinski definition) is 1. The smallest absolute Gasteiger partial charge is 0.0568 e. The quantitative estimate of drug-likeness (QED) is 0.620. The van der Waals surface area contributed by atoms with Gasteiger partial charge in [-0.3, -0.25) is 0 Å². The number of nitrogens with two attached hydrogens (primary N) is 1. The first-order valence-corrected chi connectivity index (χ1v) is 4.30. The molecule has 0 aromatic carbocycles. The zero-order valence-corrected chi connectivity index (χ0v) is 7.27. The molecule has 2 heteroatoms.